The number of nitrogens with zero attached hydrogens (tertiary/aromatic N) is 1. The second-order valence-electron chi connectivity index (χ2n) is 10.2. The van der Waals surface area contributed by atoms with Gasteiger partial charge in [-0.2, -0.15) is 0 Å². The van der Waals surface area contributed by atoms with Crippen LogP contribution >= 0.6 is 0 Å². The second kappa shape index (κ2) is 15.6. The van der Waals surface area contributed by atoms with Crippen LogP contribution in [0.15, 0.2) is 42.6 Å². The summed E-state index contributed by atoms with van der Waals surface area (Å²) in [5, 5.41) is 0. The molecule has 0 radical (unpaired) electrons. The van der Waals surface area contributed by atoms with Crippen molar-refractivity contribution >= 4 is 5.97 Å². The molecular weight excluding hydrogens is 434 g/mol. The van der Waals surface area contributed by atoms with Crippen molar-refractivity contribution in [1.82, 2.24) is 4.98 Å². The fourth-order valence-corrected chi connectivity index (χ4v) is 4.93. The van der Waals surface area contributed by atoms with Gasteiger partial charge in [0.1, 0.15) is 11.5 Å². The summed E-state index contributed by atoms with van der Waals surface area (Å²) in [6.07, 6.45) is 18.0. The van der Waals surface area contributed by atoms with E-state index >= 15 is 0 Å². The maximum atomic E-state index is 12.7. The zero-order valence-corrected chi connectivity index (χ0v) is 22.0. The molecular formula is C31H45NO3. The number of unbranched alkanes of at least 4 members (excludes halogenated alkanes) is 5. The fraction of sp³-hybridized carbons (Fsp3) is 0.613. The largest absolute Gasteiger partial charge is 0.492 e. The van der Waals surface area contributed by atoms with Crippen LogP contribution in [-0.2, 0) is 17.6 Å². The molecule has 0 spiro atoms. The van der Waals surface area contributed by atoms with Crippen LogP contribution in [0.4, 0.5) is 0 Å². The van der Waals surface area contributed by atoms with Gasteiger partial charge >= 0.3 is 5.97 Å². The summed E-state index contributed by atoms with van der Waals surface area (Å²) < 4.78 is 11.5. The molecule has 35 heavy (non-hydrogen) atoms. The molecule has 1 saturated carbocycles. The minimum atomic E-state index is -0.0524. The Morgan fingerprint density at radius 1 is 0.829 bits per heavy atom. The molecule has 192 valence electrons. The molecule has 0 unspecified atom stereocenters. The Kier molecular flexibility index (Phi) is 12.1. The predicted molar refractivity (Wildman–Crippen MR) is 143 cm³/mol. The van der Waals surface area contributed by atoms with E-state index in [1.54, 1.807) is 0 Å². The van der Waals surface area contributed by atoms with E-state index in [-0.39, 0.29) is 11.9 Å². The number of rotatable bonds is 15. The zero-order valence-electron chi connectivity index (χ0n) is 22.0. The van der Waals surface area contributed by atoms with Crippen LogP contribution in [0.5, 0.6) is 11.5 Å². The number of hydrogen-bond donors (Lipinski definition) is 0. The van der Waals surface area contributed by atoms with Crippen molar-refractivity contribution < 1.29 is 14.3 Å². The highest BCUT2D eigenvalue weighted by atomic mass is 16.5. The SMILES string of the molecule is CCCCCCC1CCC(C(=O)Oc2ccc(CCc3ccc(OCCCCC)cn3)cc2)CC1. The van der Waals surface area contributed by atoms with Gasteiger partial charge in [-0.3, -0.25) is 9.78 Å². The van der Waals surface area contributed by atoms with Crippen molar-refractivity contribution in [2.24, 2.45) is 11.8 Å². The van der Waals surface area contributed by atoms with Crippen LogP contribution in [0.3, 0.4) is 0 Å². The van der Waals surface area contributed by atoms with Gasteiger partial charge in [-0.1, -0.05) is 70.9 Å². The van der Waals surface area contributed by atoms with Crippen molar-refractivity contribution in [3.05, 3.63) is 53.9 Å². The number of carbonyl (C=O) groups is 1. The van der Waals surface area contributed by atoms with Crippen LogP contribution in [-0.4, -0.2) is 17.6 Å². The van der Waals surface area contributed by atoms with Gasteiger partial charge in [0.2, 0.25) is 0 Å². The summed E-state index contributed by atoms with van der Waals surface area (Å²) >= 11 is 0. The van der Waals surface area contributed by atoms with E-state index in [0.717, 1.165) is 56.1 Å². The highest BCUT2D eigenvalue weighted by molar-refractivity contribution is 5.75. The lowest BCUT2D eigenvalue weighted by Crippen LogP contribution is -2.25. The first-order chi connectivity index (χ1) is 17.2. The summed E-state index contributed by atoms with van der Waals surface area (Å²) in [7, 11) is 0. The summed E-state index contributed by atoms with van der Waals surface area (Å²) in [5.41, 5.74) is 2.28. The number of aromatic nitrogens is 1. The number of esters is 1. The Morgan fingerprint density at radius 3 is 2.23 bits per heavy atom. The van der Waals surface area contributed by atoms with Crippen molar-refractivity contribution in [3.63, 3.8) is 0 Å². The number of benzene rings is 1. The normalized spacial score (nSPS) is 17.8. The molecule has 1 aromatic heterocycles. The molecule has 0 bridgehead atoms. The Bertz CT molecular complexity index is 839. The minimum Gasteiger partial charge on any atom is -0.492 e. The number of ether oxygens (including phenoxy) is 2. The molecule has 1 fully saturated rings. The van der Waals surface area contributed by atoms with Crippen molar-refractivity contribution in [3.8, 4) is 11.5 Å². The fourth-order valence-electron chi connectivity index (χ4n) is 4.93. The van der Waals surface area contributed by atoms with Gasteiger partial charge in [0, 0.05) is 5.69 Å². The third-order valence-electron chi connectivity index (χ3n) is 7.27. The summed E-state index contributed by atoms with van der Waals surface area (Å²) in [6.45, 7) is 5.21. The average Bonchev–Trinajstić information content (AvgIpc) is 2.90. The molecule has 4 heteroatoms. The molecule has 1 aromatic carbocycles. The zero-order chi connectivity index (χ0) is 24.7. The molecule has 1 heterocycles. The molecule has 1 aliphatic rings. The van der Waals surface area contributed by atoms with Gasteiger partial charge in [-0.15, -0.1) is 0 Å². The minimum absolute atomic E-state index is 0.0524. The maximum absolute atomic E-state index is 12.7. The third-order valence-corrected chi connectivity index (χ3v) is 7.27. The van der Waals surface area contributed by atoms with Crippen molar-refractivity contribution in [1.29, 1.82) is 0 Å². The number of pyridine rings is 1. The van der Waals surface area contributed by atoms with Gasteiger partial charge in [0.05, 0.1) is 18.7 Å². The smallest absolute Gasteiger partial charge is 0.314 e. The van der Waals surface area contributed by atoms with E-state index in [2.05, 4.69) is 31.0 Å². The highest BCUT2D eigenvalue weighted by Gasteiger charge is 2.27. The van der Waals surface area contributed by atoms with Gasteiger partial charge < -0.3 is 9.47 Å². The highest BCUT2D eigenvalue weighted by Crippen LogP contribution is 2.33. The molecule has 4 nitrogen and oxygen atoms in total. The van der Waals surface area contributed by atoms with Crippen LogP contribution < -0.4 is 9.47 Å². The Balaban J connectivity index is 1.35. The van der Waals surface area contributed by atoms with Gasteiger partial charge in [0.15, 0.2) is 0 Å². The van der Waals surface area contributed by atoms with Gasteiger partial charge in [-0.25, -0.2) is 0 Å². The Hall–Kier alpha value is -2.36. The van der Waals surface area contributed by atoms with Gasteiger partial charge in [0.25, 0.3) is 0 Å². The predicted octanol–water partition coefficient (Wildman–Crippen LogP) is 8.12. The first-order valence-corrected chi connectivity index (χ1v) is 14.1. The summed E-state index contributed by atoms with van der Waals surface area (Å²) in [6, 6.07) is 12.0. The van der Waals surface area contributed by atoms with Crippen LogP contribution in [0, 0.1) is 11.8 Å². The van der Waals surface area contributed by atoms with E-state index in [1.165, 1.54) is 63.4 Å². The Morgan fingerprint density at radius 2 is 1.54 bits per heavy atom. The van der Waals surface area contributed by atoms with E-state index in [9.17, 15) is 4.79 Å². The Labute approximate surface area is 212 Å². The molecule has 2 aromatic rings. The number of carbonyl (C=O) groups excluding carboxylic acids is 1. The topological polar surface area (TPSA) is 48.4 Å². The molecule has 0 atom stereocenters. The number of aryl methyl sites for hydroxylation is 2. The lowest BCUT2D eigenvalue weighted by atomic mass is 9.80. The van der Waals surface area contributed by atoms with Crippen molar-refractivity contribution in [2.45, 2.75) is 104 Å². The quantitative estimate of drug-likeness (QED) is 0.147. The van der Waals surface area contributed by atoms with E-state index < -0.39 is 0 Å². The van der Waals surface area contributed by atoms with Crippen LogP contribution in [0.1, 0.15) is 102 Å². The first kappa shape index (κ1) is 27.2. The maximum Gasteiger partial charge on any atom is 0.314 e. The van der Waals surface area contributed by atoms with Gasteiger partial charge in [-0.05, 0) is 80.7 Å². The molecule has 1 aliphatic carbocycles. The molecule has 0 amide bonds. The lowest BCUT2D eigenvalue weighted by molar-refractivity contribution is -0.140. The first-order valence-electron chi connectivity index (χ1n) is 14.1. The summed E-state index contributed by atoms with van der Waals surface area (Å²) in [5.74, 6) is 2.31. The molecule has 0 aliphatic heterocycles. The van der Waals surface area contributed by atoms with Crippen LogP contribution in [0.25, 0.3) is 0 Å². The lowest BCUT2D eigenvalue weighted by Gasteiger charge is -2.27. The molecule has 3 rings (SSSR count). The van der Waals surface area contributed by atoms with E-state index in [0.29, 0.717) is 5.75 Å². The van der Waals surface area contributed by atoms with E-state index in [1.807, 2.05) is 30.5 Å². The van der Waals surface area contributed by atoms with Crippen LogP contribution in [0.2, 0.25) is 0 Å². The average molecular weight is 480 g/mol. The van der Waals surface area contributed by atoms with E-state index in [4.69, 9.17) is 9.47 Å². The summed E-state index contributed by atoms with van der Waals surface area (Å²) in [4.78, 5) is 17.2. The third kappa shape index (κ3) is 10.0. The monoisotopic (exact) mass is 479 g/mol. The standard InChI is InChI=1S/C31H45NO3/c1-3-5-7-8-10-25-11-16-27(17-12-25)31(33)35-29-20-14-26(15-21-29)13-18-28-19-22-30(24-32-28)34-23-9-6-4-2/h14-15,19-22,24-25,27H,3-13,16-18,23H2,1-2H3. The molecule has 0 saturated heterocycles. The number of hydrogen-bond acceptors (Lipinski definition) is 4. The second-order valence-corrected chi connectivity index (χ2v) is 10.2. The van der Waals surface area contributed by atoms with Crippen molar-refractivity contribution in [2.75, 3.05) is 6.61 Å². The molecule has 0 N–H and O–H groups in total.